The average molecular weight is 387 g/mol. The van der Waals surface area contributed by atoms with Crippen molar-refractivity contribution in [3.8, 4) is 12.3 Å². The van der Waals surface area contributed by atoms with Crippen molar-refractivity contribution < 1.29 is 23.9 Å². The molecule has 0 unspecified atom stereocenters. The second-order valence-corrected chi connectivity index (χ2v) is 5.38. The van der Waals surface area contributed by atoms with Crippen molar-refractivity contribution >= 4 is 23.0 Å². The summed E-state index contributed by atoms with van der Waals surface area (Å²) < 4.78 is 21.1. The average Bonchev–Trinajstić information content (AvgIpc) is 2.62. The Balaban J connectivity index is 1.97. The van der Waals surface area contributed by atoms with E-state index in [1.54, 1.807) is 12.1 Å². The zero-order valence-corrected chi connectivity index (χ0v) is 15.2. The van der Waals surface area contributed by atoms with E-state index in [0.717, 1.165) is 0 Å². The Morgan fingerprint density at radius 2 is 1.62 bits per heavy atom. The predicted octanol–water partition coefficient (Wildman–Crippen LogP) is 2.36. The monoisotopic (exact) mass is 386 g/mol. The van der Waals surface area contributed by atoms with Crippen molar-refractivity contribution in [1.29, 1.82) is 0 Å². The third-order valence-electron chi connectivity index (χ3n) is 3.02. The van der Waals surface area contributed by atoms with Crippen LogP contribution in [0.15, 0.2) is 18.2 Å². The fourth-order valence-electron chi connectivity index (χ4n) is 1.85. The lowest BCUT2D eigenvalue weighted by Gasteiger charge is -2.09. The maximum atomic E-state index is 11.0. The Morgan fingerprint density at radius 1 is 1.04 bits per heavy atom. The molecule has 0 aliphatic heterocycles. The first-order valence-corrected chi connectivity index (χ1v) is 8.45. The van der Waals surface area contributed by atoms with Crippen LogP contribution >= 0.6 is 11.6 Å². The second-order valence-electron chi connectivity index (χ2n) is 4.94. The molecule has 0 aliphatic carbocycles. The fourth-order valence-corrected chi connectivity index (χ4v) is 2.02. The summed E-state index contributed by atoms with van der Waals surface area (Å²) >= 11 is 5.76. The van der Waals surface area contributed by atoms with Gasteiger partial charge in [-0.25, -0.2) is 0 Å². The van der Waals surface area contributed by atoms with Crippen LogP contribution in [0, 0.1) is 22.5 Å². The highest BCUT2D eigenvalue weighted by Gasteiger charge is 2.13. The summed E-state index contributed by atoms with van der Waals surface area (Å²) in [7, 11) is 0. The molecule has 1 N–H and O–H groups in total. The van der Waals surface area contributed by atoms with Crippen LogP contribution in [0.3, 0.4) is 0 Å². The molecule has 144 valence electrons. The van der Waals surface area contributed by atoms with Crippen molar-refractivity contribution in [3.63, 3.8) is 0 Å². The van der Waals surface area contributed by atoms with Crippen LogP contribution in [-0.2, 0) is 18.9 Å². The van der Waals surface area contributed by atoms with Crippen molar-refractivity contribution in [2.75, 3.05) is 64.7 Å². The summed E-state index contributed by atoms with van der Waals surface area (Å²) in [5.41, 5.74) is 0.341. The van der Waals surface area contributed by atoms with Crippen LogP contribution in [-0.4, -0.2) is 64.3 Å². The van der Waals surface area contributed by atoms with Gasteiger partial charge in [-0.1, -0.05) is 17.5 Å². The van der Waals surface area contributed by atoms with Gasteiger partial charge in [-0.2, -0.15) is 0 Å². The minimum absolute atomic E-state index is 0.0643. The number of ether oxygens (including phenoxy) is 4. The molecule has 0 radical (unpaired) electrons. The van der Waals surface area contributed by atoms with Gasteiger partial charge < -0.3 is 24.3 Å². The van der Waals surface area contributed by atoms with Crippen molar-refractivity contribution in [2.24, 2.45) is 0 Å². The normalized spacial score (nSPS) is 10.5. The van der Waals surface area contributed by atoms with Crippen LogP contribution in [0.25, 0.3) is 0 Å². The number of terminal acetylenes is 1. The van der Waals surface area contributed by atoms with Crippen LogP contribution in [0.2, 0.25) is 5.02 Å². The molecule has 0 aromatic heterocycles. The topological polar surface area (TPSA) is 92.1 Å². The van der Waals surface area contributed by atoms with E-state index in [2.05, 4.69) is 11.2 Å². The van der Waals surface area contributed by atoms with Gasteiger partial charge in [-0.05, 0) is 12.1 Å². The number of halogens is 1. The Labute approximate surface area is 157 Å². The first kappa shape index (κ1) is 22.2. The molecule has 0 heterocycles. The molecule has 1 rings (SSSR count). The summed E-state index contributed by atoms with van der Waals surface area (Å²) in [6.45, 7) is 3.87. The van der Waals surface area contributed by atoms with Gasteiger partial charge >= 0.3 is 0 Å². The van der Waals surface area contributed by atoms with Gasteiger partial charge in [0.15, 0.2) is 0 Å². The molecule has 0 spiro atoms. The summed E-state index contributed by atoms with van der Waals surface area (Å²) in [6, 6.07) is 4.47. The standard InChI is InChI=1S/C17H23ClN2O6/c1-2-6-23-8-10-25-12-13-26-11-9-24-7-5-19-16-4-3-15(18)14-17(16)20(21)22/h1,3-4,14,19H,5-13H2. The molecule has 1 aromatic carbocycles. The second kappa shape index (κ2) is 14.3. The third-order valence-corrected chi connectivity index (χ3v) is 3.25. The molecule has 0 saturated heterocycles. The number of anilines is 1. The molecular formula is C17H23ClN2O6. The van der Waals surface area contributed by atoms with Crippen LogP contribution in [0.1, 0.15) is 0 Å². The number of nitro groups is 1. The predicted molar refractivity (Wildman–Crippen MR) is 98.7 cm³/mol. The number of hydrogen-bond acceptors (Lipinski definition) is 7. The van der Waals surface area contributed by atoms with Crippen molar-refractivity contribution in [1.82, 2.24) is 0 Å². The smallest absolute Gasteiger partial charge is 0.293 e. The molecule has 1 aromatic rings. The summed E-state index contributed by atoms with van der Waals surface area (Å²) in [5.74, 6) is 2.37. The van der Waals surface area contributed by atoms with E-state index in [0.29, 0.717) is 63.5 Å². The lowest BCUT2D eigenvalue weighted by molar-refractivity contribution is -0.383. The molecule has 0 amide bonds. The Kier molecular flexibility index (Phi) is 12.2. The van der Waals surface area contributed by atoms with Crippen molar-refractivity contribution in [2.45, 2.75) is 0 Å². The van der Waals surface area contributed by atoms with Gasteiger partial charge in [0.25, 0.3) is 5.69 Å². The minimum Gasteiger partial charge on any atom is -0.377 e. The molecular weight excluding hydrogens is 364 g/mol. The van der Waals surface area contributed by atoms with E-state index >= 15 is 0 Å². The molecule has 0 bridgehead atoms. The van der Waals surface area contributed by atoms with E-state index in [9.17, 15) is 10.1 Å². The van der Waals surface area contributed by atoms with Gasteiger partial charge in [0, 0.05) is 17.6 Å². The zero-order chi connectivity index (χ0) is 19.0. The lowest BCUT2D eigenvalue weighted by Crippen LogP contribution is -2.15. The summed E-state index contributed by atoms with van der Waals surface area (Å²) in [5, 5.41) is 14.2. The van der Waals surface area contributed by atoms with E-state index in [-0.39, 0.29) is 12.3 Å². The lowest BCUT2D eigenvalue weighted by atomic mass is 10.2. The van der Waals surface area contributed by atoms with Crippen molar-refractivity contribution in [3.05, 3.63) is 33.3 Å². The highest BCUT2D eigenvalue weighted by molar-refractivity contribution is 6.30. The van der Waals surface area contributed by atoms with Crippen LogP contribution < -0.4 is 5.32 Å². The molecule has 0 atom stereocenters. The number of hydrogen-bond donors (Lipinski definition) is 1. The molecule has 26 heavy (non-hydrogen) atoms. The molecule has 9 heteroatoms. The third kappa shape index (κ3) is 10.2. The molecule has 0 aliphatic rings. The largest absolute Gasteiger partial charge is 0.377 e. The van der Waals surface area contributed by atoms with E-state index < -0.39 is 4.92 Å². The van der Waals surface area contributed by atoms with Gasteiger partial charge in [-0.15, -0.1) is 6.42 Å². The van der Waals surface area contributed by atoms with E-state index in [1.807, 2.05) is 0 Å². The molecule has 0 saturated carbocycles. The first-order chi connectivity index (χ1) is 12.6. The SMILES string of the molecule is C#CCOCCOCCOCCOCCNc1ccc(Cl)cc1[N+](=O)[O-]. The van der Waals surface area contributed by atoms with E-state index in [4.69, 9.17) is 37.0 Å². The maximum absolute atomic E-state index is 11.0. The first-order valence-electron chi connectivity index (χ1n) is 8.07. The molecule has 8 nitrogen and oxygen atoms in total. The number of nitro benzene ring substituents is 1. The fraction of sp³-hybridized carbons (Fsp3) is 0.529. The van der Waals surface area contributed by atoms with Gasteiger partial charge in [0.2, 0.25) is 0 Å². The van der Waals surface area contributed by atoms with E-state index in [1.165, 1.54) is 6.07 Å². The summed E-state index contributed by atoms with van der Waals surface area (Å²) in [4.78, 5) is 10.5. The minimum atomic E-state index is -0.480. The quantitative estimate of drug-likeness (QED) is 0.214. The number of nitrogens with zero attached hydrogens (tertiary/aromatic N) is 1. The van der Waals surface area contributed by atoms with Crippen LogP contribution in [0.4, 0.5) is 11.4 Å². The van der Waals surface area contributed by atoms with Gasteiger partial charge in [0.05, 0.1) is 51.2 Å². The number of benzene rings is 1. The van der Waals surface area contributed by atoms with Crippen LogP contribution in [0.5, 0.6) is 0 Å². The highest BCUT2D eigenvalue weighted by atomic mass is 35.5. The Morgan fingerprint density at radius 3 is 2.19 bits per heavy atom. The number of rotatable bonds is 15. The van der Waals surface area contributed by atoms with Gasteiger partial charge in [-0.3, -0.25) is 10.1 Å². The zero-order valence-electron chi connectivity index (χ0n) is 14.4. The Hall–Kier alpha value is -1.89. The number of nitrogens with one attached hydrogen (secondary N) is 1. The Bertz CT molecular complexity index is 579. The maximum Gasteiger partial charge on any atom is 0.293 e. The summed E-state index contributed by atoms with van der Waals surface area (Å²) in [6.07, 6.45) is 5.04. The van der Waals surface area contributed by atoms with Gasteiger partial charge in [0.1, 0.15) is 12.3 Å². The molecule has 0 fully saturated rings. The highest BCUT2D eigenvalue weighted by Crippen LogP contribution is 2.27.